The molecule has 4 nitrogen and oxygen atoms in total. The average Bonchev–Trinajstić information content (AvgIpc) is 2.38. The van der Waals surface area contributed by atoms with E-state index < -0.39 is 0 Å². The van der Waals surface area contributed by atoms with Crippen molar-refractivity contribution in [3.63, 3.8) is 0 Å². The smallest absolute Gasteiger partial charge is 0.240 e. The zero-order valence-corrected chi connectivity index (χ0v) is 12.4. The standard InChI is InChI=1S/C15H25N3O/c1-5-6-12(2)17(3)11-15(19)18(4)14-9-7-13(16)8-10-14/h7-10,12H,5-6,11,16H2,1-4H3. The third-order valence-corrected chi connectivity index (χ3v) is 3.50. The molecule has 1 rings (SSSR count). The Morgan fingerprint density at radius 3 is 2.37 bits per heavy atom. The Bertz CT molecular complexity index is 402. The highest BCUT2D eigenvalue weighted by Gasteiger charge is 2.16. The summed E-state index contributed by atoms with van der Waals surface area (Å²) in [7, 11) is 3.79. The predicted octanol–water partition coefficient (Wildman–Crippen LogP) is 2.35. The van der Waals surface area contributed by atoms with Gasteiger partial charge in [-0.15, -0.1) is 0 Å². The van der Waals surface area contributed by atoms with Crippen LogP contribution in [0, 0.1) is 0 Å². The highest BCUT2D eigenvalue weighted by molar-refractivity contribution is 5.94. The van der Waals surface area contributed by atoms with Crippen molar-refractivity contribution in [3.05, 3.63) is 24.3 Å². The Kier molecular flexibility index (Phi) is 5.83. The van der Waals surface area contributed by atoms with Crippen LogP contribution in [0.5, 0.6) is 0 Å². The first-order chi connectivity index (χ1) is 8.95. The van der Waals surface area contributed by atoms with Crippen LogP contribution in [0.15, 0.2) is 24.3 Å². The van der Waals surface area contributed by atoms with Gasteiger partial charge in [0.05, 0.1) is 6.54 Å². The van der Waals surface area contributed by atoms with Gasteiger partial charge in [-0.2, -0.15) is 0 Å². The van der Waals surface area contributed by atoms with E-state index in [1.807, 2.05) is 31.3 Å². The van der Waals surface area contributed by atoms with Crippen LogP contribution < -0.4 is 10.6 Å². The van der Waals surface area contributed by atoms with Gasteiger partial charge < -0.3 is 10.6 Å². The topological polar surface area (TPSA) is 49.6 Å². The molecule has 19 heavy (non-hydrogen) atoms. The van der Waals surface area contributed by atoms with Crippen molar-refractivity contribution in [2.45, 2.75) is 32.7 Å². The zero-order chi connectivity index (χ0) is 14.4. The molecule has 0 radical (unpaired) electrons. The number of rotatable bonds is 6. The summed E-state index contributed by atoms with van der Waals surface area (Å²) in [5.41, 5.74) is 7.22. The molecule has 2 N–H and O–H groups in total. The van der Waals surface area contributed by atoms with Crippen LogP contribution in [0.1, 0.15) is 26.7 Å². The Morgan fingerprint density at radius 1 is 1.26 bits per heavy atom. The molecule has 0 heterocycles. The van der Waals surface area contributed by atoms with Crippen LogP contribution in [0.4, 0.5) is 11.4 Å². The summed E-state index contributed by atoms with van der Waals surface area (Å²) < 4.78 is 0. The van der Waals surface area contributed by atoms with Crippen molar-refractivity contribution in [1.29, 1.82) is 0 Å². The second kappa shape index (κ2) is 7.14. The van der Waals surface area contributed by atoms with Crippen LogP contribution in [0.3, 0.4) is 0 Å². The number of likely N-dealkylation sites (N-methyl/N-ethyl adjacent to an activating group) is 2. The molecule has 0 spiro atoms. The van der Waals surface area contributed by atoms with Gasteiger partial charge >= 0.3 is 0 Å². The molecule has 0 fully saturated rings. The summed E-state index contributed by atoms with van der Waals surface area (Å²) >= 11 is 0. The normalized spacial score (nSPS) is 12.5. The second-order valence-electron chi connectivity index (χ2n) is 5.10. The SMILES string of the molecule is CCCC(C)N(C)CC(=O)N(C)c1ccc(N)cc1. The van der Waals surface area contributed by atoms with Crippen molar-refractivity contribution in [2.75, 3.05) is 31.3 Å². The fourth-order valence-electron chi connectivity index (χ4n) is 1.96. The molecule has 1 unspecified atom stereocenters. The molecular weight excluding hydrogens is 238 g/mol. The van der Waals surface area contributed by atoms with Crippen molar-refractivity contribution in [3.8, 4) is 0 Å². The summed E-state index contributed by atoms with van der Waals surface area (Å²) in [4.78, 5) is 16.0. The lowest BCUT2D eigenvalue weighted by Crippen LogP contribution is -2.40. The van der Waals surface area contributed by atoms with E-state index in [9.17, 15) is 4.79 Å². The maximum absolute atomic E-state index is 12.2. The average molecular weight is 263 g/mol. The highest BCUT2D eigenvalue weighted by Crippen LogP contribution is 2.15. The number of nitrogen functional groups attached to an aromatic ring is 1. The van der Waals surface area contributed by atoms with Crippen LogP contribution in [0.25, 0.3) is 0 Å². The highest BCUT2D eigenvalue weighted by atomic mass is 16.2. The predicted molar refractivity (Wildman–Crippen MR) is 81.3 cm³/mol. The number of nitrogens with zero attached hydrogens (tertiary/aromatic N) is 2. The molecule has 0 aliphatic heterocycles. The lowest BCUT2D eigenvalue weighted by atomic mass is 10.2. The van der Waals surface area contributed by atoms with E-state index in [2.05, 4.69) is 18.7 Å². The molecule has 1 amide bonds. The van der Waals surface area contributed by atoms with Crippen LogP contribution in [-0.2, 0) is 4.79 Å². The third-order valence-electron chi connectivity index (χ3n) is 3.50. The van der Waals surface area contributed by atoms with Gasteiger partial charge in [-0.3, -0.25) is 9.69 Å². The van der Waals surface area contributed by atoms with E-state index in [0.717, 1.165) is 18.5 Å². The quantitative estimate of drug-likeness (QED) is 0.802. The first-order valence-electron chi connectivity index (χ1n) is 6.78. The maximum atomic E-state index is 12.2. The van der Waals surface area contributed by atoms with Crippen LogP contribution in [-0.4, -0.2) is 37.5 Å². The molecule has 1 atom stereocenters. The third kappa shape index (κ3) is 4.56. The molecule has 0 saturated carbocycles. The summed E-state index contributed by atoms with van der Waals surface area (Å²) in [5, 5.41) is 0. The summed E-state index contributed by atoms with van der Waals surface area (Å²) in [5.74, 6) is 0.0928. The van der Waals surface area contributed by atoms with Gasteiger partial charge in [0.2, 0.25) is 5.91 Å². The van der Waals surface area contributed by atoms with Crippen molar-refractivity contribution in [1.82, 2.24) is 4.90 Å². The molecule has 0 aromatic heterocycles. The van der Waals surface area contributed by atoms with Crippen molar-refractivity contribution < 1.29 is 4.79 Å². The molecular formula is C15H25N3O. The molecule has 4 heteroatoms. The fourth-order valence-corrected chi connectivity index (χ4v) is 1.96. The molecule has 0 aliphatic rings. The second-order valence-corrected chi connectivity index (χ2v) is 5.10. The van der Waals surface area contributed by atoms with Gasteiger partial charge in [0.25, 0.3) is 0 Å². The number of hydrogen-bond donors (Lipinski definition) is 1. The Labute approximate surface area is 116 Å². The Hall–Kier alpha value is -1.55. The number of nitrogens with two attached hydrogens (primary N) is 1. The van der Waals surface area contributed by atoms with E-state index in [1.165, 1.54) is 0 Å². The summed E-state index contributed by atoms with van der Waals surface area (Å²) in [6, 6.07) is 7.77. The fraction of sp³-hybridized carbons (Fsp3) is 0.533. The van der Waals surface area contributed by atoms with Gasteiger partial charge in [0.1, 0.15) is 0 Å². The monoisotopic (exact) mass is 263 g/mol. The van der Waals surface area contributed by atoms with Crippen molar-refractivity contribution in [2.24, 2.45) is 0 Å². The molecule has 0 bridgehead atoms. The van der Waals surface area contributed by atoms with E-state index in [4.69, 9.17) is 5.73 Å². The minimum atomic E-state index is 0.0928. The first-order valence-corrected chi connectivity index (χ1v) is 6.78. The number of carbonyl (C=O) groups excluding carboxylic acids is 1. The minimum Gasteiger partial charge on any atom is -0.399 e. The molecule has 0 saturated heterocycles. The zero-order valence-electron chi connectivity index (χ0n) is 12.4. The lowest BCUT2D eigenvalue weighted by molar-refractivity contribution is -0.119. The van der Waals surface area contributed by atoms with Crippen LogP contribution in [0.2, 0.25) is 0 Å². The van der Waals surface area contributed by atoms with E-state index >= 15 is 0 Å². The first kappa shape index (κ1) is 15.5. The molecule has 1 aromatic carbocycles. The van der Waals surface area contributed by atoms with E-state index in [-0.39, 0.29) is 5.91 Å². The van der Waals surface area contributed by atoms with Gasteiger partial charge in [0.15, 0.2) is 0 Å². The number of anilines is 2. The number of carbonyl (C=O) groups is 1. The Morgan fingerprint density at radius 2 is 1.84 bits per heavy atom. The largest absolute Gasteiger partial charge is 0.399 e. The van der Waals surface area contributed by atoms with Gasteiger partial charge in [0, 0.05) is 24.5 Å². The van der Waals surface area contributed by atoms with E-state index in [0.29, 0.717) is 18.3 Å². The number of hydrogen-bond acceptors (Lipinski definition) is 3. The van der Waals surface area contributed by atoms with E-state index in [1.54, 1.807) is 11.9 Å². The summed E-state index contributed by atoms with van der Waals surface area (Å²) in [6.07, 6.45) is 2.24. The minimum absolute atomic E-state index is 0.0928. The lowest BCUT2D eigenvalue weighted by Gasteiger charge is -2.26. The number of amides is 1. The summed E-state index contributed by atoms with van der Waals surface area (Å²) in [6.45, 7) is 4.74. The Balaban J connectivity index is 2.60. The maximum Gasteiger partial charge on any atom is 0.240 e. The molecule has 1 aromatic rings. The van der Waals surface area contributed by atoms with Crippen molar-refractivity contribution >= 4 is 17.3 Å². The van der Waals surface area contributed by atoms with Crippen LogP contribution >= 0.6 is 0 Å². The van der Waals surface area contributed by atoms with Gasteiger partial charge in [-0.05, 0) is 44.7 Å². The molecule has 0 aliphatic carbocycles. The molecule has 106 valence electrons. The van der Waals surface area contributed by atoms with Gasteiger partial charge in [-0.25, -0.2) is 0 Å². The van der Waals surface area contributed by atoms with Gasteiger partial charge in [-0.1, -0.05) is 13.3 Å². The number of benzene rings is 1.